The number of nitrogens with zero attached hydrogens (tertiary/aromatic N) is 1. The summed E-state index contributed by atoms with van der Waals surface area (Å²) >= 11 is 0. The third-order valence-corrected chi connectivity index (χ3v) is 7.06. The molecule has 11 heteroatoms. The quantitative estimate of drug-likeness (QED) is 0.443. The molecule has 1 aromatic heterocycles. The first-order valence-corrected chi connectivity index (χ1v) is 12.0. The Labute approximate surface area is 199 Å². The molecule has 2 aliphatic heterocycles. The summed E-state index contributed by atoms with van der Waals surface area (Å²) in [6, 6.07) is 3.77. The van der Waals surface area contributed by atoms with Crippen LogP contribution in [0.2, 0.25) is 0 Å². The Balaban J connectivity index is 1.65. The van der Waals surface area contributed by atoms with Crippen LogP contribution in [0.25, 0.3) is 10.9 Å². The molecule has 0 saturated carbocycles. The highest BCUT2D eigenvalue weighted by molar-refractivity contribution is 5.86. The summed E-state index contributed by atoms with van der Waals surface area (Å²) in [5.74, 6) is 0.579. The average Bonchev–Trinajstić information content (AvgIpc) is 2.83. The minimum absolute atomic E-state index is 0.0196. The highest BCUT2D eigenvalue weighted by atomic mass is 19.4. The Morgan fingerprint density at radius 1 is 0.971 bits per heavy atom. The molecule has 2 aromatic rings. The van der Waals surface area contributed by atoms with Crippen LogP contribution in [0.15, 0.2) is 24.3 Å². The van der Waals surface area contributed by atoms with Gasteiger partial charge in [0, 0.05) is 18.0 Å². The van der Waals surface area contributed by atoms with Crippen LogP contribution in [0.1, 0.15) is 48.6 Å². The molecule has 5 nitrogen and oxygen atoms in total. The number of aliphatic hydroxyl groups is 1. The Bertz CT molecular complexity index is 982. The molecule has 3 atom stereocenters. The fraction of sp³-hybridized carbons (Fsp3) is 0.625. The van der Waals surface area contributed by atoms with Gasteiger partial charge in [-0.05, 0) is 81.4 Å². The number of aromatic nitrogens is 1. The molecule has 3 unspecified atom stereocenters. The number of pyridine rings is 1. The van der Waals surface area contributed by atoms with E-state index in [-0.39, 0.29) is 35.4 Å². The number of halogens is 6. The Morgan fingerprint density at radius 2 is 1.60 bits per heavy atom. The second kappa shape index (κ2) is 10.6. The number of fused-ring (bicyclic) bond motifs is 1. The highest BCUT2D eigenvalue weighted by Crippen LogP contribution is 2.39. The van der Waals surface area contributed by atoms with Crippen LogP contribution in [0.4, 0.5) is 26.3 Å². The van der Waals surface area contributed by atoms with Gasteiger partial charge in [-0.15, -0.1) is 0 Å². The lowest BCUT2D eigenvalue weighted by Crippen LogP contribution is -2.52. The maximum absolute atomic E-state index is 13.5. The normalized spacial score (nSPS) is 23.9. The predicted octanol–water partition coefficient (Wildman–Crippen LogP) is 4.26. The fourth-order valence-electron chi connectivity index (χ4n) is 5.37. The van der Waals surface area contributed by atoms with Crippen molar-refractivity contribution in [1.82, 2.24) is 20.9 Å². The number of benzene rings is 1. The first-order chi connectivity index (χ1) is 16.6. The maximum Gasteiger partial charge on any atom is 0.433 e. The zero-order chi connectivity index (χ0) is 25.2. The standard InChI is InChI=1S/C24H30F6N4O/c25-23(26,27)18-7-1-6-16-17(10-20(24(28,29)30)34-22(16)18)19(35)13-33-21(14-4-2-8-31-11-14)15-5-3-9-32-12-15/h1,6-7,10,14-15,19,21,31-33,35H,2-5,8-9,11-13H2. The van der Waals surface area contributed by atoms with Crippen molar-refractivity contribution in [2.24, 2.45) is 11.8 Å². The van der Waals surface area contributed by atoms with Crippen LogP contribution < -0.4 is 16.0 Å². The topological polar surface area (TPSA) is 69.2 Å². The molecule has 35 heavy (non-hydrogen) atoms. The average molecular weight is 505 g/mol. The molecule has 1 aromatic carbocycles. The van der Waals surface area contributed by atoms with Crippen molar-refractivity contribution in [3.05, 3.63) is 41.1 Å². The van der Waals surface area contributed by atoms with Gasteiger partial charge in [-0.25, -0.2) is 4.98 Å². The van der Waals surface area contributed by atoms with Crippen molar-refractivity contribution in [2.75, 3.05) is 32.7 Å². The molecule has 4 N–H and O–H groups in total. The fourth-order valence-corrected chi connectivity index (χ4v) is 5.37. The Hall–Kier alpha value is -1.95. The van der Waals surface area contributed by atoms with Crippen LogP contribution in [0, 0.1) is 11.8 Å². The molecule has 2 fully saturated rings. The van der Waals surface area contributed by atoms with E-state index in [4.69, 9.17) is 0 Å². The van der Waals surface area contributed by atoms with E-state index in [1.807, 2.05) is 0 Å². The lowest BCUT2D eigenvalue weighted by molar-refractivity contribution is -0.142. The van der Waals surface area contributed by atoms with Crippen LogP contribution >= 0.6 is 0 Å². The van der Waals surface area contributed by atoms with Crippen molar-refractivity contribution < 1.29 is 31.4 Å². The second-order valence-corrected chi connectivity index (χ2v) is 9.46. The van der Waals surface area contributed by atoms with Crippen LogP contribution in [-0.2, 0) is 12.4 Å². The zero-order valence-electron chi connectivity index (χ0n) is 19.1. The number of hydrogen-bond acceptors (Lipinski definition) is 5. The van der Waals surface area contributed by atoms with Gasteiger partial charge in [-0.1, -0.05) is 12.1 Å². The lowest BCUT2D eigenvalue weighted by atomic mass is 9.80. The van der Waals surface area contributed by atoms with Gasteiger partial charge in [0.25, 0.3) is 0 Å². The van der Waals surface area contributed by atoms with Crippen molar-refractivity contribution in [1.29, 1.82) is 0 Å². The number of hydrogen-bond donors (Lipinski definition) is 4. The third kappa shape index (κ3) is 6.07. The summed E-state index contributed by atoms with van der Waals surface area (Å²) in [4.78, 5) is 3.31. The van der Waals surface area contributed by atoms with Gasteiger partial charge in [-0.2, -0.15) is 26.3 Å². The molecule has 2 aliphatic rings. The molecule has 0 amide bonds. The third-order valence-electron chi connectivity index (χ3n) is 7.06. The van der Waals surface area contributed by atoms with Gasteiger partial charge >= 0.3 is 12.4 Å². The van der Waals surface area contributed by atoms with Crippen LogP contribution in [0.3, 0.4) is 0 Å². The van der Waals surface area contributed by atoms with Gasteiger partial charge in [0.15, 0.2) is 0 Å². The number of nitrogens with one attached hydrogen (secondary N) is 3. The lowest BCUT2D eigenvalue weighted by Gasteiger charge is -2.39. The predicted molar refractivity (Wildman–Crippen MR) is 120 cm³/mol. The molecule has 0 radical (unpaired) electrons. The van der Waals surface area contributed by atoms with Gasteiger partial charge in [0.05, 0.1) is 17.2 Å². The van der Waals surface area contributed by atoms with E-state index in [0.29, 0.717) is 12.1 Å². The first-order valence-electron chi connectivity index (χ1n) is 12.0. The molecular weight excluding hydrogens is 474 g/mol. The summed E-state index contributed by atoms with van der Waals surface area (Å²) in [6.07, 6.45) is -7.29. The van der Waals surface area contributed by atoms with Crippen LogP contribution in [0.5, 0.6) is 0 Å². The number of alkyl halides is 6. The van der Waals surface area contributed by atoms with E-state index in [2.05, 4.69) is 20.9 Å². The molecule has 3 heterocycles. The molecule has 4 rings (SSSR count). The minimum Gasteiger partial charge on any atom is -0.387 e. The van der Waals surface area contributed by atoms with E-state index in [9.17, 15) is 31.4 Å². The molecule has 0 aliphatic carbocycles. The van der Waals surface area contributed by atoms with E-state index in [1.165, 1.54) is 6.07 Å². The molecule has 0 bridgehead atoms. The van der Waals surface area contributed by atoms with Gasteiger partial charge in [-0.3, -0.25) is 0 Å². The number of piperidine rings is 2. The number of aliphatic hydroxyl groups excluding tert-OH is 1. The molecule has 0 spiro atoms. The van der Waals surface area contributed by atoms with Gasteiger partial charge < -0.3 is 21.1 Å². The Morgan fingerprint density at radius 3 is 2.11 bits per heavy atom. The van der Waals surface area contributed by atoms with Crippen molar-refractivity contribution in [3.63, 3.8) is 0 Å². The Kier molecular flexibility index (Phi) is 7.89. The number of para-hydroxylation sites is 1. The minimum atomic E-state index is -4.96. The summed E-state index contributed by atoms with van der Waals surface area (Å²) in [7, 11) is 0. The van der Waals surface area contributed by atoms with E-state index in [1.54, 1.807) is 0 Å². The smallest absolute Gasteiger partial charge is 0.387 e. The largest absolute Gasteiger partial charge is 0.433 e. The summed E-state index contributed by atoms with van der Waals surface area (Å²) in [5.41, 5.74) is -3.75. The van der Waals surface area contributed by atoms with Crippen molar-refractivity contribution in [2.45, 2.75) is 50.2 Å². The van der Waals surface area contributed by atoms with Crippen LogP contribution in [-0.4, -0.2) is 48.9 Å². The van der Waals surface area contributed by atoms with E-state index < -0.39 is 35.2 Å². The monoisotopic (exact) mass is 504 g/mol. The molecule has 194 valence electrons. The molecule has 2 saturated heterocycles. The van der Waals surface area contributed by atoms with E-state index in [0.717, 1.165) is 57.9 Å². The zero-order valence-corrected chi connectivity index (χ0v) is 19.1. The summed E-state index contributed by atoms with van der Waals surface area (Å²) in [6.45, 7) is 3.38. The van der Waals surface area contributed by atoms with Gasteiger partial charge in [0.1, 0.15) is 5.69 Å². The highest BCUT2D eigenvalue weighted by Gasteiger charge is 2.38. The van der Waals surface area contributed by atoms with Gasteiger partial charge in [0.2, 0.25) is 0 Å². The summed E-state index contributed by atoms with van der Waals surface area (Å²) < 4.78 is 81.2. The number of rotatable bonds is 6. The first kappa shape index (κ1) is 26.1. The van der Waals surface area contributed by atoms with E-state index >= 15 is 0 Å². The second-order valence-electron chi connectivity index (χ2n) is 9.46. The molecular formula is C24H30F6N4O. The maximum atomic E-state index is 13.5. The summed E-state index contributed by atoms with van der Waals surface area (Å²) in [5, 5.41) is 21.0. The van der Waals surface area contributed by atoms with Crippen molar-refractivity contribution >= 4 is 10.9 Å². The van der Waals surface area contributed by atoms with Crippen molar-refractivity contribution in [3.8, 4) is 0 Å². The SMILES string of the molecule is OC(CNC(C1CCCNC1)C1CCCNC1)c1cc(C(F)(F)F)nc2c(C(F)(F)F)cccc12.